The maximum atomic E-state index is 12.1. The number of anilines is 1. The summed E-state index contributed by atoms with van der Waals surface area (Å²) in [5.74, 6) is 0.471. The topological polar surface area (TPSA) is 38.3 Å². The fourth-order valence-electron chi connectivity index (χ4n) is 2.23. The number of hydrogen-bond acceptors (Lipinski definition) is 2. The van der Waals surface area contributed by atoms with Crippen molar-refractivity contribution in [2.45, 2.75) is 0 Å². The smallest absolute Gasteiger partial charge is 0.262 e. The van der Waals surface area contributed by atoms with Gasteiger partial charge in [0.1, 0.15) is 5.75 Å². The molecular formula is C18H14BrNO2. The van der Waals surface area contributed by atoms with Crippen molar-refractivity contribution in [2.75, 3.05) is 11.9 Å². The van der Waals surface area contributed by atoms with E-state index < -0.39 is 0 Å². The molecule has 3 rings (SSSR count). The second-order valence-corrected chi connectivity index (χ2v) is 5.74. The highest BCUT2D eigenvalue weighted by molar-refractivity contribution is 9.10. The molecule has 0 bridgehead atoms. The highest BCUT2D eigenvalue weighted by Gasteiger charge is 2.06. The lowest BCUT2D eigenvalue weighted by molar-refractivity contribution is -0.118. The standard InChI is InChI=1S/C18H14BrNO2/c19-14-7-4-8-15(11-14)22-12-18(21)20-17-10-3-6-13-5-1-2-9-16(13)17/h1-11H,12H2,(H,20,21). The van der Waals surface area contributed by atoms with Crippen LogP contribution in [0, 0.1) is 0 Å². The molecule has 1 N–H and O–H groups in total. The van der Waals surface area contributed by atoms with Crippen LogP contribution in [0.25, 0.3) is 10.8 Å². The summed E-state index contributed by atoms with van der Waals surface area (Å²) in [4.78, 5) is 12.1. The Kier molecular flexibility index (Phi) is 4.39. The highest BCUT2D eigenvalue weighted by Crippen LogP contribution is 2.23. The van der Waals surface area contributed by atoms with Gasteiger partial charge in [0.25, 0.3) is 5.91 Å². The van der Waals surface area contributed by atoms with Crippen molar-refractivity contribution >= 4 is 38.3 Å². The molecule has 3 aromatic carbocycles. The highest BCUT2D eigenvalue weighted by atomic mass is 79.9. The van der Waals surface area contributed by atoms with Crippen molar-refractivity contribution in [2.24, 2.45) is 0 Å². The van der Waals surface area contributed by atoms with Crippen LogP contribution in [0.15, 0.2) is 71.2 Å². The van der Waals surface area contributed by atoms with E-state index in [1.165, 1.54) is 0 Å². The van der Waals surface area contributed by atoms with E-state index in [0.717, 1.165) is 20.9 Å². The molecule has 0 aliphatic rings. The molecule has 22 heavy (non-hydrogen) atoms. The lowest BCUT2D eigenvalue weighted by Crippen LogP contribution is -2.20. The van der Waals surface area contributed by atoms with Crippen molar-refractivity contribution < 1.29 is 9.53 Å². The maximum absolute atomic E-state index is 12.1. The number of amides is 1. The van der Waals surface area contributed by atoms with Gasteiger partial charge < -0.3 is 10.1 Å². The van der Waals surface area contributed by atoms with Gasteiger partial charge in [0, 0.05) is 15.5 Å². The van der Waals surface area contributed by atoms with Crippen LogP contribution in [-0.2, 0) is 4.79 Å². The third-order valence-electron chi connectivity index (χ3n) is 3.23. The number of halogens is 1. The maximum Gasteiger partial charge on any atom is 0.262 e. The number of nitrogens with one attached hydrogen (secondary N) is 1. The van der Waals surface area contributed by atoms with Crippen molar-refractivity contribution in [1.29, 1.82) is 0 Å². The van der Waals surface area contributed by atoms with Crippen LogP contribution in [0.4, 0.5) is 5.69 Å². The SMILES string of the molecule is O=C(COc1cccc(Br)c1)Nc1cccc2ccccc12. The Morgan fingerprint density at radius 3 is 2.64 bits per heavy atom. The first-order chi connectivity index (χ1) is 10.7. The molecule has 0 aliphatic heterocycles. The van der Waals surface area contributed by atoms with Crippen LogP contribution in [0.5, 0.6) is 5.75 Å². The lowest BCUT2D eigenvalue weighted by atomic mass is 10.1. The Bertz CT molecular complexity index is 812. The normalized spacial score (nSPS) is 10.4. The third-order valence-corrected chi connectivity index (χ3v) is 3.72. The molecule has 0 radical (unpaired) electrons. The monoisotopic (exact) mass is 355 g/mol. The molecule has 0 heterocycles. The Hall–Kier alpha value is -2.33. The fourth-order valence-corrected chi connectivity index (χ4v) is 2.60. The fraction of sp³-hybridized carbons (Fsp3) is 0.0556. The summed E-state index contributed by atoms with van der Waals surface area (Å²) in [5, 5.41) is 5.00. The zero-order valence-corrected chi connectivity index (χ0v) is 13.3. The van der Waals surface area contributed by atoms with E-state index >= 15 is 0 Å². The van der Waals surface area contributed by atoms with Crippen molar-refractivity contribution in [1.82, 2.24) is 0 Å². The van der Waals surface area contributed by atoms with Gasteiger partial charge in [0.15, 0.2) is 6.61 Å². The minimum absolute atomic E-state index is 0.0281. The number of ether oxygens (including phenoxy) is 1. The molecule has 3 aromatic rings. The molecule has 0 saturated carbocycles. The molecule has 1 amide bonds. The summed E-state index contributed by atoms with van der Waals surface area (Å²) in [6.07, 6.45) is 0. The molecule has 0 fully saturated rings. The average molecular weight is 356 g/mol. The Morgan fingerprint density at radius 2 is 1.77 bits per heavy atom. The molecule has 0 atom stereocenters. The number of hydrogen-bond donors (Lipinski definition) is 1. The largest absolute Gasteiger partial charge is 0.484 e. The Balaban J connectivity index is 1.68. The van der Waals surface area contributed by atoms with E-state index in [0.29, 0.717) is 5.75 Å². The summed E-state index contributed by atoms with van der Waals surface area (Å²) in [5.41, 5.74) is 0.793. The van der Waals surface area contributed by atoms with Crippen LogP contribution >= 0.6 is 15.9 Å². The van der Waals surface area contributed by atoms with Gasteiger partial charge in [-0.1, -0.05) is 58.4 Å². The Labute approximate surface area is 137 Å². The molecular weight excluding hydrogens is 342 g/mol. The zero-order chi connectivity index (χ0) is 15.4. The van der Waals surface area contributed by atoms with Gasteiger partial charge in [-0.3, -0.25) is 4.79 Å². The minimum Gasteiger partial charge on any atom is -0.484 e. The molecule has 0 spiro atoms. The van der Waals surface area contributed by atoms with Crippen molar-refractivity contribution in [3.05, 3.63) is 71.2 Å². The van der Waals surface area contributed by atoms with Crippen LogP contribution in [0.1, 0.15) is 0 Å². The van der Waals surface area contributed by atoms with Crippen LogP contribution < -0.4 is 10.1 Å². The van der Waals surface area contributed by atoms with E-state index in [4.69, 9.17) is 4.74 Å². The Morgan fingerprint density at radius 1 is 1.00 bits per heavy atom. The van der Waals surface area contributed by atoms with E-state index in [1.807, 2.05) is 66.7 Å². The number of benzene rings is 3. The van der Waals surface area contributed by atoms with Crippen LogP contribution in [0.2, 0.25) is 0 Å². The average Bonchev–Trinajstić information content (AvgIpc) is 2.53. The van der Waals surface area contributed by atoms with Gasteiger partial charge >= 0.3 is 0 Å². The minimum atomic E-state index is -0.184. The summed E-state index contributed by atoms with van der Waals surface area (Å²) in [6, 6.07) is 21.2. The van der Waals surface area contributed by atoms with Gasteiger partial charge in [0.05, 0.1) is 0 Å². The quantitative estimate of drug-likeness (QED) is 0.741. The molecule has 0 aromatic heterocycles. The summed E-state index contributed by atoms with van der Waals surface area (Å²) >= 11 is 3.37. The van der Waals surface area contributed by atoms with Gasteiger partial charge in [-0.05, 0) is 29.7 Å². The first-order valence-corrected chi connectivity index (χ1v) is 7.68. The molecule has 0 aliphatic carbocycles. The molecule has 0 saturated heterocycles. The number of fused-ring (bicyclic) bond motifs is 1. The van der Waals surface area contributed by atoms with Crippen molar-refractivity contribution in [3.8, 4) is 5.75 Å². The van der Waals surface area contributed by atoms with Gasteiger partial charge in [0.2, 0.25) is 0 Å². The van der Waals surface area contributed by atoms with Gasteiger partial charge in [-0.2, -0.15) is 0 Å². The number of carbonyl (C=O) groups excluding carboxylic acids is 1. The first kappa shape index (κ1) is 14.6. The number of carbonyl (C=O) groups is 1. The molecule has 4 heteroatoms. The lowest BCUT2D eigenvalue weighted by Gasteiger charge is -2.10. The van der Waals surface area contributed by atoms with Crippen molar-refractivity contribution in [3.63, 3.8) is 0 Å². The molecule has 110 valence electrons. The predicted octanol–water partition coefficient (Wildman–Crippen LogP) is 4.62. The summed E-state index contributed by atoms with van der Waals surface area (Å²) in [6.45, 7) is -0.0281. The molecule has 0 unspecified atom stereocenters. The summed E-state index contributed by atoms with van der Waals surface area (Å²) < 4.78 is 6.41. The second-order valence-electron chi connectivity index (χ2n) is 4.82. The second kappa shape index (κ2) is 6.62. The van der Waals surface area contributed by atoms with E-state index in [2.05, 4.69) is 21.2 Å². The first-order valence-electron chi connectivity index (χ1n) is 6.88. The third kappa shape index (κ3) is 3.46. The van der Waals surface area contributed by atoms with Gasteiger partial charge in [-0.15, -0.1) is 0 Å². The molecule has 3 nitrogen and oxygen atoms in total. The van der Waals surface area contributed by atoms with Crippen LogP contribution in [-0.4, -0.2) is 12.5 Å². The predicted molar refractivity (Wildman–Crippen MR) is 92.2 cm³/mol. The van der Waals surface area contributed by atoms with E-state index in [9.17, 15) is 4.79 Å². The summed E-state index contributed by atoms with van der Waals surface area (Å²) in [7, 11) is 0. The zero-order valence-electron chi connectivity index (χ0n) is 11.8. The van der Waals surface area contributed by atoms with E-state index in [1.54, 1.807) is 0 Å². The van der Waals surface area contributed by atoms with E-state index in [-0.39, 0.29) is 12.5 Å². The van der Waals surface area contributed by atoms with Crippen LogP contribution in [0.3, 0.4) is 0 Å². The van der Waals surface area contributed by atoms with Gasteiger partial charge in [-0.25, -0.2) is 0 Å². The number of rotatable bonds is 4.